The van der Waals surface area contributed by atoms with Gasteiger partial charge in [0.2, 0.25) is 0 Å². The maximum absolute atomic E-state index is 9.15. The van der Waals surface area contributed by atoms with Crippen LogP contribution in [0, 0.1) is 0 Å². The van der Waals surface area contributed by atoms with Crippen LogP contribution < -0.4 is 0 Å². The molecule has 0 radical (unpaired) electrons. The molecule has 10 heavy (non-hydrogen) atoms. The lowest BCUT2D eigenvalue weighted by Crippen LogP contribution is -2.46. The van der Waals surface area contributed by atoms with Crippen LogP contribution in [0.2, 0.25) is 0 Å². The van der Waals surface area contributed by atoms with E-state index in [1.54, 1.807) is 0 Å². The Morgan fingerprint density at radius 3 is 2.30 bits per heavy atom. The van der Waals surface area contributed by atoms with Gasteiger partial charge in [-0.05, 0) is 0 Å². The summed E-state index contributed by atoms with van der Waals surface area (Å²) in [6.07, 6.45) is -2.81. The summed E-state index contributed by atoms with van der Waals surface area (Å²) in [5, 5.41) is 35.3. The number of ether oxygens (including phenoxy) is 1. The second-order valence-electron chi connectivity index (χ2n) is 2.41. The lowest BCUT2D eigenvalue weighted by molar-refractivity contribution is -0.128. The molecule has 0 unspecified atom stereocenters. The molecule has 1 aliphatic rings. The first-order valence-corrected chi connectivity index (χ1v) is 2.91. The Hall–Kier alpha value is -0.200. The van der Waals surface area contributed by atoms with Crippen LogP contribution in [0.3, 0.4) is 0 Å². The van der Waals surface area contributed by atoms with Gasteiger partial charge >= 0.3 is 0 Å². The third-order valence-electron chi connectivity index (χ3n) is 1.60. The molecule has 0 bridgehead atoms. The molecule has 0 aliphatic carbocycles. The van der Waals surface area contributed by atoms with Gasteiger partial charge in [-0.15, -0.1) is 0 Å². The van der Waals surface area contributed by atoms with E-state index in [1.165, 1.54) is 0 Å². The van der Waals surface area contributed by atoms with Crippen LogP contribution in [0.1, 0.15) is 0 Å². The number of hydrogen-bond acceptors (Lipinski definition) is 5. The van der Waals surface area contributed by atoms with Gasteiger partial charge in [0, 0.05) is 0 Å². The van der Waals surface area contributed by atoms with E-state index < -0.39 is 24.6 Å². The van der Waals surface area contributed by atoms with Gasteiger partial charge in [-0.25, -0.2) is 0 Å². The zero-order valence-electron chi connectivity index (χ0n) is 5.27. The van der Waals surface area contributed by atoms with Gasteiger partial charge in [0.1, 0.15) is 11.7 Å². The van der Waals surface area contributed by atoms with Gasteiger partial charge in [-0.3, -0.25) is 0 Å². The molecule has 1 saturated heterocycles. The van der Waals surface area contributed by atoms with Gasteiger partial charge in [-0.1, -0.05) is 0 Å². The maximum atomic E-state index is 9.15. The lowest BCUT2D eigenvalue weighted by atomic mass is 10.0. The third-order valence-corrected chi connectivity index (χ3v) is 1.60. The molecule has 1 rings (SSSR count). The zero-order chi connectivity index (χ0) is 7.78. The van der Waals surface area contributed by atoms with Crippen LogP contribution in [0.4, 0.5) is 0 Å². The van der Waals surface area contributed by atoms with Gasteiger partial charge < -0.3 is 25.2 Å². The number of rotatable bonds is 1. The Morgan fingerprint density at radius 1 is 1.50 bits per heavy atom. The molecule has 0 spiro atoms. The molecule has 5 nitrogen and oxygen atoms in total. The van der Waals surface area contributed by atoms with Crippen molar-refractivity contribution in [3.8, 4) is 0 Å². The van der Waals surface area contributed by atoms with Gasteiger partial charge in [0.25, 0.3) is 0 Å². The summed E-state index contributed by atoms with van der Waals surface area (Å²) in [5.41, 5.74) is -1.70. The molecular weight excluding hydrogens is 140 g/mol. The average molecular weight is 150 g/mol. The van der Waals surface area contributed by atoms with Gasteiger partial charge in [-0.2, -0.15) is 0 Å². The fraction of sp³-hybridized carbons (Fsp3) is 1.00. The number of hydrogen-bond donors (Lipinski definition) is 4. The van der Waals surface area contributed by atoms with E-state index in [0.29, 0.717) is 0 Å². The maximum Gasteiger partial charge on any atom is 0.184 e. The highest BCUT2D eigenvalue weighted by atomic mass is 16.6. The lowest BCUT2D eigenvalue weighted by Gasteiger charge is -2.21. The van der Waals surface area contributed by atoms with Crippen LogP contribution in [0.5, 0.6) is 0 Å². The minimum atomic E-state index is -1.70. The summed E-state index contributed by atoms with van der Waals surface area (Å²) in [7, 11) is 0. The molecule has 60 valence electrons. The summed E-state index contributed by atoms with van der Waals surface area (Å²) in [6.45, 7) is -0.864. The minimum absolute atomic E-state index is 0.244. The SMILES string of the molecule is OC[C@]1(O)CO[C@H](O)[C@H]1O. The summed E-state index contributed by atoms with van der Waals surface area (Å²) >= 11 is 0. The highest BCUT2D eigenvalue weighted by molar-refractivity contribution is 4.92. The third kappa shape index (κ3) is 1.02. The van der Waals surface area contributed by atoms with Crippen LogP contribution in [0.25, 0.3) is 0 Å². The van der Waals surface area contributed by atoms with Crippen LogP contribution >= 0.6 is 0 Å². The van der Waals surface area contributed by atoms with Crippen LogP contribution in [0.15, 0.2) is 0 Å². The summed E-state index contributed by atoms with van der Waals surface area (Å²) in [4.78, 5) is 0. The fourth-order valence-electron chi connectivity index (χ4n) is 0.811. The first kappa shape index (κ1) is 7.90. The average Bonchev–Trinajstić information content (AvgIpc) is 2.19. The zero-order valence-corrected chi connectivity index (χ0v) is 5.27. The Bertz CT molecular complexity index is 127. The van der Waals surface area contributed by atoms with Crippen molar-refractivity contribution in [2.45, 2.75) is 18.0 Å². The Labute approximate surface area is 57.5 Å². The molecule has 4 N–H and O–H groups in total. The van der Waals surface area contributed by atoms with Crippen molar-refractivity contribution >= 4 is 0 Å². The second-order valence-corrected chi connectivity index (χ2v) is 2.41. The topological polar surface area (TPSA) is 90.2 Å². The van der Waals surface area contributed by atoms with Crippen molar-refractivity contribution in [2.75, 3.05) is 13.2 Å². The number of aliphatic hydroxyl groups excluding tert-OH is 3. The first-order valence-electron chi connectivity index (χ1n) is 2.91. The van der Waals surface area contributed by atoms with Crippen LogP contribution in [-0.4, -0.2) is 51.6 Å². The largest absolute Gasteiger partial charge is 0.393 e. The second kappa shape index (κ2) is 2.44. The summed E-state index contributed by atoms with van der Waals surface area (Å²) in [5.74, 6) is 0. The number of aliphatic hydroxyl groups is 4. The van der Waals surface area contributed by atoms with Crippen molar-refractivity contribution < 1.29 is 25.2 Å². The van der Waals surface area contributed by atoms with E-state index in [0.717, 1.165) is 0 Å². The predicted molar refractivity (Wildman–Crippen MR) is 30.0 cm³/mol. The summed E-state index contributed by atoms with van der Waals surface area (Å²) in [6, 6.07) is 0. The minimum Gasteiger partial charge on any atom is -0.393 e. The molecule has 1 heterocycles. The molecule has 0 amide bonds. The summed E-state index contributed by atoms with van der Waals surface area (Å²) < 4.78 is 4.47. The van der Waals surface area contributed by atoms with Gasteiger partial charge in [0.05, 0.1) is 13.2 Å². The van der Waals surface area contributed by atoms with Crippen molar-refractivity contribution in [2.24, 2.45) is 0 Å². The molecule has 1 fully saturated rings. The van der Waals surface area contributed by atoms with E-state index >= 15 is 0 Å². The molecular formula is C5H10O5. The van der Waals surface area contributed by atoms with E-state index in [4.69, 9.17) is 20.4 Å². The highest BCUT2D eigenvalue weighted by Gasteiger charge is 2.46. The molecule has 5 heteroatoms. The standard InChI is InChI=1S/C5H10O5/c6-1-5(9)2-10-4(8)3(5)7/h3-4,6-9H,1-2H2/t3-,4+,5+/m1/s1. The van der Waals surface area contributed by atoms with Crippen LogP contribution in [-0.2, 0) is 4.74 Å². The quantitative estimate of drug-likeness (QED) is 0.329. The van der Waals surface area contributed by atoms with E-state index in [2.05, 4.69) is 4.74 Å². The van der Waals surface area contributed by atoms with Crippen molar-refractivity contribution in [3.63, 3.8) is 0 Å². The Kier molecular flexibility index (Phi) is 1.93. The predicted octanol–water partition coefficient (Wildman–Crippen LogP) is -2.58. The monoisotopic (exact) mass is 150 g/mol. The molecule has 0 aromatic heterocycles. The van der Waals surface area contributed by atoms with Crippen molar-refractivity contribution in [1.29, 1.82) is 0 Å². The Morgan fingerprint density at radius 2 is 2.10 bits per heavy atom. The van der Waals surface area contributed by atoms with Gasteiger partial charge in [0.15, 0.2) is 6.29 Å². The highest BCUT2D eigenvalue weighted by Crippen LogP contribution is 2.22. The molecule has 1 aliphatic heterocycles. The molecule has 3 atom stereocenters. The first-order chi connectivity index (χ1) is 4.60. The molecule has 0 aromatic rings. The van der Waals surface area contributed by atoms with E-state index in [-0.39, 0.29) is 6.61 Å². The molecule has 0 saturated carbocycles. The normalized spacial score (nSPS) is 48.0. The van der Waals surface area contributed by atoms with E-state index in [1.807, 2.05) is 0 Å². The molecule has 0 aromatic carbocycles. The fourth-order valence-corrected chi connectivity index (χ4v) is 0.811. The van der Waals surface area contributed by atoms with Crippen molar-refractivity contribution in [3.05, 3.63) is 0 Å². The Balaban J connectivity index is 2.64. The smallest absolute Gasteiger partial charge is 0.184 e. The van der Waals surface area contributed by atoms with E-state index in [9.17, 15) is 0 Å². The van der Waals surface area contributed by atoms with Crippen molar-refractivity contribution in [1.82, 2.24) is 0 Å².